The summed E-state index contributed by atoms with van der Waals surface area (Å²) in [4.78, 5) is 0. The minimum absolute atomic E-state index is 0.324. The van der Waals surface area contributed by atoms with Crippen molar-refractivity contribution in [3.63, 3.8) is 0 Å². The molecule has 4 nitrogen and oxygen atoms in total. The largest absolute Gasteiger partial charge is 0.279 e. The topological polar surface area (TPSA) is 49.4 Å². The maximum atomic E-state index is 12.8. The average molecular weight is 286 g/mol. The highest BCUT2D eigenvalue weighted by molar-refractivity contribution is 7.87. The molecule has 2 rings (SSSR count). The lowest BCUT2D eigenvalue weighted by Crippen LogP contribution is -2.44. The summed E-state index contributed by atoms with van der Waals surface area (Å²) >= 11 is 0. The number of nitrogens with one attached hydrogen (secondary N) is 1. The lowest BCUT2D eigenvalue weighted by Gasteiger charge is -2.27. The third-order valence-corrected chi connectivity index (χ3v) is 5.05. The minimum atomic E-state index is -3.45. The Morgan fingerprint density at radius 3 is 2.32 bits per heavy atom. The van der Waals surface area contributed by atoms with Gasteiger partial charge in [-0.2, -0.15) is 17.4 Å². The van der Waals surface area contributed by atoms with Crippen molar-refractivity contribution in [2.75, 3.05) is 13.1 Å². The van der Waals surface area contributed by atoms with Gasteiger partial charge in [-0.15, -0.1) is 0 Å². The number of halogens is 1. The van der Waals surface area contributed by atoms with E-state index in [1.165, 1.54) is 16.4 Å². The van der Waals surface area contributed by atoms with Crippen LogP contribution in [0, 0.1) is 5.82 Å². The normalized spacial score (nSPS) is 19.3. The molecule has 1 unspecified atom stereocenters. The van der Waals surface area contributed by atoms with Gasteiger partial charge in [-0.05, 0) is 37.5 Å². The van der Waals surface area contributed by atoms with Crippen molar-refractivity contribution in [1.82, 2.24) is 9.03 Å². The number of hydrogen-bond acceptors (Lipinski definition) is 2. The Labute approximate surface area is 113 Å². The molecule has 1 fully saturated rings. The second kappa shape index (κ2) is 5.98. The first-order valence-electron chi connectivity index (χ1n) is 6.52. The molecule has 0 spiro atoms. The molecule has 6 heteroatoms. The maximum absolute atomic E-state index is 12.8. The Morgan fingerprint density at radius 1 is 1.16 bits per heavy atom. The number of benzene rings is 1. The number of piperidine rings is 1. The van der Waals surface area contributed by atoms with Crippen molar-refractivity contribution >= 4 is 10.2 Å². The molecule has 0 bridgehead atoms. The molecule has 1 saturated heterocycles. The highest BCUT2D eigenvalue weighted by Gasteiger charge is 2.25. The van der Waals surface area contributed by atoms with Gasteiger partial charge >= 0.3 is 0 Å². The predicted molar refractivity (Wildman–Crippen MR) is 72.3 cm³/mol. The van der Waals surface area contributed by atoms with E-state index in [1.54, 1.807) is 19.1 Å². The highest BCUT2D eigenvalue weighted by atomic mass is 32.2. The quantitative estimate of drug-likeness (QED) is 0.922. The summed E-state index contributed by atoms with van der Waals surface area (Å²) in [7, 11) is -3.45. The molecule has 0 aromatic heterocycles. The van der Waals surface area contributed by atoms with Gasteiger partial charge in [0.15, 0.2) is 0 Å². The van der Waals surface area contributed by atoms with Crippen LogP contribution < -0.4 is 4.72 Å². The van der Waals surface area contributed by atoms with Gasteiger partial charge in [0, 0.05) is 19.1 Å². The van der Waals surface area contributed by atoms with E-state index in [-0.39, 0.29) is 11.9 Å². The lowest BCUT2D eigenvalue weighted by atomic mass is 10.1. The molecule has 1 N–H and O–H groups in total. The van der Waals surface area contributed by atoms with E-state index >= 15 is 0 Å². The number of rotatable bonds is 4. The van der Waals surface area contributed by atoms with E-state index in [0.29, 0.717) is 13.1 Å². The molecule has 1 aromatic carbocycles. The second-order valence-corrected chi connectivity index (χ2v) is 6.56. The Hall–Kier alpha value is -0.980. The smallest absolute Gasteiger partial charge is 0.207 e. The van der Waals surface area contributed by atoms with Crippen molar-refractivity contribution in [3.8, 4) is 0 Å². The summed E-state index contributed by atoms with van der Waals surface area (Å²) in [5.74, 6) is -0.324. The van der Waals surface area contributed by atoms with E-state index in [9.17, 15) is 12.8 Å². The zero-order valence-electron chi connectivity index (χ0n) is 11.0. The molecule has 0 aliphatic carbocycles. The Bertz CT molecular complexity index is 510. The third-order valence-electron chi connectivity index (χ3n) is 3.35. The van der Waals surface area contributed by atoms with Crippen LogP contribution in [0.3, 0.4) is 0 Å². The number of hydrogen-bond donors (Lipinski definition) is 1. The first kappa shape index (κ1) is 14.4. The summed E-state index contributed by atoms with van der Waals surface area (Å²) in [5, 5.41) is 0. The van der Waals surface area contributed by atoms with Crippen molar-refractivity contribution in [2.24, 2.45) is 0 Å². The zero-order valence-corrected chi connectivity index (χ0v) is 11.8. The fraction of sp³-hybridized carbons (Fsp3) is 0.538. The molecule has 0 radical (unpaired) electrons. The van der Waals surface area contributed by atoms with Gasteiger partial charge in [0.2, 0.25) is 0 Å². The fourth-order valence-electron chi connectivity index (χ4n) is 2.22. The van der Waals surface area contributed by atoms with Gasteiger partial charge < -0.3 is 0 Å². The van der Waals surface area contributed by atoms with Gasteiger partial charge in [-0.1, -0.05) is 18.6 Å². The molecule has 106 valence electrons. The molecule has 19 heavy (non-hydrogen) atoms. The molecule has 1 aromatic rings. The summed E-state index contributed by atoms with van der Waals surface area (Å²) < 4.78 is 41.3. The van der Waals surface area contributed by atoms with E-state index in [2.05, 4.69) is 4.72 Å². The monoisotopic (exact) mass is 286 g/mol. The molecule has 1 aliphatic heterocycles. The van der Waals surface area contributed by atoms with Crippen molar-refractivity contribution in [1.29, 1.82) is 0 Å². The predicted octanol–water partition coefficient (Wildman–Crippen LogP) is 2.21. The molecule has 1 heterocycles. The standard InChI is InChI=1S/C13H19FN2O2S/c1-11(12-5-7-13(14)8-6-12)15-19(17,18)16-9-3-2-4-10-16/h5-8,11,15H,2-4,9-10H2,1H3. The fourth-order valence-corrected chi connectivity index (χ4v) is 3.69. The molecule has 1 aliphatic rings. The van der Waals surface area contributed by atoms with Crippen molar-refractivity contribution in [2.45, 2.75) is 32.2 Å². The van der Waals surface area contributed by atoms with Gasteiger partial charge in [-0.25, -0.2) is 4.39 Å². The summed E-state index contributed by atoms with van der Waals surface area (Å²) in [6.07, 6.45) is 2.90. The third kappa shape index (κ3) is 3.75. The Kier molecular flexibility index (Phi) is 4.54. The van der Waals surface area contributed by atoms with Gasteiger partial charge in [0.05, 0.1) is 0 Å². The molecule has 1 atom stereocenters. The van der Waals surface area contributed by atoms with Crippen LogP contribution in [0.4, 0.5) is 4.39 Å². The lowest BCUT2D eigenvalue weighted by molar-refractivity contribution is 0.339. The molecular weight excluding hydrogens is 267 g/mol. The Morgan fingerprint density at radius 2 is 1.74 bits per heavy atom. The van der Waals surface area contributed by atoms with Crippen molar-refractivity contribution in [3.05, 3.63) is 35.6 Å². The van der Waals surface area contributed by atoms with E-state index < -0.39 is 10.2 Å². The summed E-state index contributed by atoms with van der Waals surface area (Å²) in [6.45, 7) is 2.91. The first-order chi connectivity index (χ1) is 8.99. The second-order valence-electron chi connectivity index (χ2n) is 4.86. The van der Waals surface area contributed by atoms with Gasteiger partial charge in [0.25, 0.3) is 10.2 Å². The van der Waals surface area contributed by atoms with Crippen LogP contribution in [0.25, 0.3) is 0 Å². The Balaban J connectivity index is 2.04. The van der Waals surface area contributed by atoms with E-state index in [0.717, 1.165) is 24.8 Å². The van der Waals surface area contributed by atoms with Crippen LogP contribution in [0.2, 0.25) is 0 Å². The van der Waals surface area contributed by atoms with Crippen LogP contribution in [0.5, 0.6) is 0 Å². The average Bonchev–Trinajstić information content (AvgIpc) is 2.40. The van der Waals surface area contributed by atoms with Crippen LogP contribution in [0.15, 0.2) is 24.3 Å². The van der Waals surface area contributed by atoms with Crippen LogP contribution in [-0.4, -0.2) is 25.8 Å². The molecule has 0 amide bonds. The summed E-state index contributed by atoms with van der Waals surface area (Å²) in [6, 6.07) is 5.49. The summed E-state index contributed by atoms with van der Waals surface area (Å²) in [5.41, 5.74) is 0.752. The first-order valence-corrected chi connectivity index (χ1v) is 7.96. The SMILES string of the molecule is CC(NS(=O)(=O)N1CCCCC1)c1ccc(F)cc1. The van der Waals surface area contributed by atoms with E-state index in [4.69, 9.17) is 0 Å². The highest BCUT2D eigenvalue weighted by Crippen LogP contribution is 2.17. The molecule has 0 saturated carbocycles. The van der Waals surface area contributed by atoms with Crippen LogP contribution >= 0.6 is 0 Å². The van der Waals surface area contributed by atoms with Crippen LogP contribution in [-0.2, 0) is 10.2 Å². The van der Waals surface area contributed by atoms with Gasteiger partial charge in [-0.3, -0.25) is 0 Å². The maximum Gasteiger partial charge on any atom is 0.279 e. The minimum Gasteiger partial charge on any atom is -0.207 e. The van der Waals surface area contributed by atoms with Crippen molar-refractivity contribution < 1.29 is 12.8 Å². The molecular formula is C13H19FN2O2S. The van der Waals surface area contributed by atoms with Crippen LogP contribution in [0.1, 0.15) is 37.8 Å². The number of nitrogens with zero attached hydrogens (tertiary/aromatic N) is 1. The van der Waals surface area contributed by atoms with Gasteiger partial charge in [0.1, 0.15) is 5.82 Å². The zero-order chi connectivity index (χ0) is 13.9. The van der Waals surface area contributed by atoms with E-state index in [1.807, 2.05) is 0 Å².